The Bertz CT molecular complexity index is 1500. The summed E-state index contributed by atoms with van der Waals surface area (Å²) in [5, 5.41) is 0. The zero-order valence-electron chi connectivity index (χ0n) is 16.7. The van der Waals surface area contributed by atoms with E-state index in [-0.39, 0.29) is 0 Å². The minimum atomic E-state index is 0.794. The molecule has 0 aliphatic carbocycles. The summed E-state index contributed by atoms with van der Waals surface area (Å²) in [4.78, 5) is 20.7. The number of rotatable bonds is 2. The van der Waals surface area contributed by atoms with Crippen molar-refractivity contribution in [1.29, 1.82) is 0 Å². The van der Waals surface area contributed by atoms with E-state index in [0.717, 1.165) is 51.3 Å². The second-order valence-electron chi connectivity index (χ2n) is 7.74. The topological polar surface area (TPSA) is 70.2 Å². The Balaban J connectivity index is 1.60. The maximum absolute atomic E-state index is 4.77. The Morgan fingerprint density at radius 3 is 1.94 bits per heavy atom. The molecule has 0 saturated heterocycles. The molecule has 6 heterocycles. The SMILES string of the molecule is C1=Cc2cc3cc(Cc4cccnc4)c(cc4nc(cc5ccc(cc1n2)[nH]5)C=C4)[nH]3. The van der Waals surface area contributed by atoms with Crippen LogP contribution in [0.5, 0.6) is 0 Å². The van der Waals surface area contributed by atoms with Crippen molar-refractivity contribution in [2.24, 2.45) is 0 Å². The van der Waals surface area contributed by atoms with Crippen LogP contribution in [0.15, 0.2) is 67.0 Å². The van der Waals surface area contributed by atoms with Gasteiger partial charge in [0.05, 0.1) is 22.8 Å². The number of hydrogen-bond donors (Lipinski definition) is 2. The first kappa shape index (κ1) is 17.6. The molecule has 31 heavy (non-hydrogen) atoms. The highest BCUT2D eigenvalue weighted by Gasteiger charge is 2.06. The van der Waals surface area contributed by atoms with Crippen molar-refractivity contribution in [3.8, 4) is 0 Å². The van der Waals surface area contributed by atoms with Gasteiger partial charge in [-0.1, -0.05) is 6.07 Å². The highest BCUT2D eigenvalue weighted by atomic mass is 14.8. The summed E-state index contributed by atoms with van der Waals surface area (Å²) < 4.78 is 0. The first-order valence-electron chi connectivity index (χ1n) is 10.2. The summed E-state index contributed by atoms with van der Waals surface area (Å²) >= 11 is 0. The zero-order valence-corrected chi connectivity index (χ0v) is 16.7. The highest BCUT2D eigenvalue weighted by Crippen LogP contribution is 2.21. The first-order valence-corrected chi connectivity index (χ1v) is 10.2. The number of nitrogens with zero attached hydrogens (tertiary/aromatic N) is 3. The summed E-state index contributed by atoms with van der Waals surface area (Å²) in [6.07, 6.45) is 12.7. The number of H-pyrrole nitrogens is 2. The van der Waals surface area contributed by atoms with Gasteiger partial charge in [-0.05, 0) is 84.0 Å². The van der Waals surface area contributed by atoms with E-state index in [4.69, 9.17) is 9.97 Å². The van der Waals surface area contributed by atoms with Gasteiger partial charge in [0.2, 0.25) is 0 Å². The molecule has 2 N–H and O–H groups in total. The van der Waals surface area contributed by atoms with Gasteiger partial charge in [-0.25, -0.2) is 9.97 Å². The average Bonchev–Trinajstić information content (AvgIpc) is 3.55. The van der Waals surface area contributed by atoms with Crippen LogP contribution in [-0.2, 0) is 6.42 Å². The second-order valence-corrected chi connectivity index (χ2v) is 7.74. The predicted octanol–water partition coefficient (Wildman–Crippen LogP) is 5.64. The number of fused-ring (bicyclic) bond motifs is 8. The summed E-state index contributed by atoms with van der Waals surface area (Å²) in [6.45, 7) is 0. The van der Waals surface area contributed by atoms with Crippen molar-refractivity contribution in [3.05, 3.63) is 101 Å². The molecule has 8 bridgehead atoms. The fourth-order valence-electron chi connectivity index (χ4n) is 3.95. The van der Waals surface area contributed by atoms with Crippen LogP contribution >= 0.6 is 0 Å². The molecule has 4 aromatic rings. The molecule has 0 atom stereocenters. The third kappa shape index (κ3) is 3.69. The van der Waals surface area contributed by atoms with E-state index < -0.39 is 0 Å². The molecule has 0 spiro atoms. The van der Waals surface area contributed by atoms with Crippen LogP contribution in [0.25, 0.3) is 46.4 Å². The molecule has 5 nitrogen and oxygen atoms in total. The lowest BCUT2D eigenvalue weighted by Gasteiger charge is -1.98. The van der Waals surface area contributed by atoms with E-state index >= 15 is 0 Å². The Kier molecular flexibility index (Phi) is 4.10. The van der Waals surface area contributed by atoms with E-state index in [2.05, 4.69) is 57.4 Å². The van der Waals surface area contributed by atoms with Crippen LogP contribution in [0.2, 0.25) is 0 Å². The maximum atomic E-state index is 4.77. The number of pyridine rings is 1. The third-order valence-electron chi connectivity index (χ3n) is 5.37. The Labute approximate surface area is 178 Å². The largest absolute Gasteiger partial charge is 0.355 e. The van der Waals surface area contributed by atoms with E-state index in [1.54, 1.807) is 6.20 Å². The van der Waals surface area contributed by atoms with E-state index in [1.807, 2.05) is 42.6 Å². The normalized spacial score (nSPS) is 12.4. The molecular weight excluding hydrogens is 382 g/mol. The van der Waals surface area contributed by atoms with Crippen molar-refractivity contribution in [1.82, 2.24) is 24.9 Å². The van der Waals surface area contributed by atoms with Gasteiger partial charge in [0.25, 0.3) is 0 Å². The molecule has 0 fully saturated rings. The Morgan fingerprint density at radius 2 is 1.29 bits per heavy atom. The number of aromatic amines is 2. The third-order valence-corrected chi connectivity index (χ3v) is 5.37. The fraction of sp³-hybridized carbons (Fsp3) is 0.0385. The van der Waals surface area contributed by atoms with Gasteiger partial charge >= 0.3 is 0 Å². The minimum Gasteiger partial charge on any atom is -0.355 e. The molecule has 0 radical (unpaired) electrons. The summed E-state index contributed by atoms with van der Waals surface area (Å²) in [7, 11) is 0. The van der Waals surface area contributed by atoms with Crippen molar-refractivity contribution < 1.29 is 0 Å². The van der Waals surface area contributed by atoms with Crippen LogP contribution in [0.1, 0.15) is 33.9 Å². The van der Waals surface area contributed by atoms with Crippen molar-refractivity contribution >= 4 is 46.4 Å². The van der Waals surface area contributed by atoms with E-state index in [1.165, 1.54) is 11.1 Å². The van der Waals surface area contributed by atoms with Gasteiger partial charge < -0.3 is 9.97 Å². The summed E-state index contributed by atoms with van der Waals surface area (Å²) in [6, 6.07) is 18.6. The van der Waals surface area contributed by atoms with Gasteiger partial charge in [-0.15, -0.1) is 0 Å². The molecule has 6 rings (SSSR count). The van der Waals surface area contributed by atoms with Gasteiger partial charge in [-0.3, -0.25) is 4.98 Å². The van der Waals surface area contributed by atoms with Crippen LogP contribution in [0.3, 0.4) is 0 Å². The van der Waals surface area contributed by atoms with Gasteiger partial charge in [-0.2, -0.15) is 0 Å². The summed E-state index contributed by atoms with van der Waals surface area (Å²) in [5.41, 5.74) is 10.2. The van der Waals surface area contributed by atoms with Crippen molar-refractivity contribution in [2.75, 3.05) is 0 Å². The zero-order chi connectivity index (χ0) is 20.6. The molecule has 0 aromatic carbocycles. The predicted molar refractivity (Wildman–Crippen MR) is 126 cm³/mol. The molecule has 4 aromatic heterocycles. The standard InChI is InChI=1S/C26H19N5/c1-2-17(16-27-9-1)10-18-11-25-14-23-6-5-21(29-23)12-19-3-4-20(28-19)13-22-7-8-24(30-22)15-26(18)31-25/h1-9,11-16,28,31H,10H2. The van der Waals surface area contributed by atoms with Crippen molar-refractivity contribution in [2.45, 2.75) is 6.42 Å². The Hall–Kier alpha value is -4.25. The Morgan fingerprint density at radius 1 is 0.645 bits per heavy atom. The molecule has 0 amide bonds. The van der Waals surface area contributed by atoms with Crippen molar-refractivity contribution in [3.63, 3.8) is 0 Å². The second kappa shape index (κ2) is 7.22. The van der Waals surface area contributed by atoms with Gasteiger partial charge in [0.15, 0.2) is 0 Å². The lowest BCUT2D eigenvalue weighted by atomic mass is 10.1. The molecule has 2 aliphatic rings. The monoisotopic (exact) mass is 401 g/mol. The number of nitrogens with one attached hydrogen (secondary N) is 2. The van der Waals surface area contributed by atoms with E-state index in [9.17, 15) is 0 Å². The number of hydrogen-bond acceptors (Lipinski definition) is 3. The smallest absolute Gasteiger partial charge is 0.0658 e. The molecule has 5 heteroatoms. The highest BCUT2D eigenvalue weighted by molar-refractivity contribution is 5.78. The molecule has 148 valence electrons. The minimum absolute atomic E-state index is 0.794. The molecule has 2 aliphatic heterocycles. The van der Waals surface area contributed by atoms with Crippen LogP contribution in [-0.4, -0.2) is 24.9 Å². The van der Waals surface area contributed by atoms with E-state index in [0.29, 0.717) is 0 Å². The molecular formula is C26H19N5. The number of aromatic nitrogens is 5. The quantitative estimate of drug-likeness (QED) is 0.394. The van der Waals surface area contributed by atoms with Crippen LogP contribution in [0, 0.1) is 0 Å². The molecule has 0 saturated carbocycles. The molecule has 0 unspecified atom stereocenters. The van der Waals surface area contributed by atoms with Gasteiger partial charge in [0.1, 0.15) is 0 Å². The average molecular weight is 401 g/mol. The lowest BCUT2D eigenvalue weighted by molar-refractivity contribution is 1.16. The fourth-order valence-corrected chi connectivity index (χ4v) is 3.95. The summed E-state index contributed by atoms with van der Waals surface area (Å²) in [5.74, 6) is 0. The maximum Gasteiger partial charge on any atom is 0.0658 e. The van der Waals surface area contributed by atoms with Gasteiger partial charge in [0, 0.05) is 40.9 Å². The first-order chi connectivity index (χ1) is 15.3. The van der Waals surface area contributed by atoms with Crippen LogP contribution in [0.4, 0.5) is 0 Å². The lowest BCUT2D eigenvalue weighted by Crippen LogP contribution is -1.87. The van der Waals surface area contributed by atoms with Crippen LogP contribution < -0.4 is 0 Å².